The Kier molecular flexibility index (Phi) is 10.2. The largest absolute Gasteiger partial charge is 0.467 e. The van der Waals surface area contributed by atoms with E-state index in [1.807, 2.05) is 88.4 Å². The van der Waals surface area contributed by atoms with Crippen molar-refractivity contribution in [1.29, 1.82) is 0 Å². The molecule has 1 saturated carbocycles. The van der Waals surface area contributed by atoms with Crippen molar-refractivity contribution >= 4 is 29.3 Å². The van der Waals surface area contributed by atoms with E-state index < -0.39 is 35.5 Å². The molecule has 1 N–H and O–H groups in total. The first-order valence-electron chi connectivity index (χ1n) is 13.2. The van der Waals surface area contributed by atoms with Crippen molar-refractivity contribution in [2.75, 3.05) is 7.11 Å². The number of amides is 1. The maximum absolute atomic E-state index is 13.4. The van der Waals surface area contributed by atoms with Gasteiger partial charge in [0.05, 0.1) is 18.9 Å². The van der Waals surface area contributed by atoms with E-state index in [0.29, 0.717) is 0 Å². The topological polar surface area (TPSA) is 111 Å². The maximum Gasteiger partial charge on any atom is 0.408 e. The van der Waals surface area contributed by atoms with Gasteiger partial charge in [-0.25, -0.2) is 9.59 Å². The zero-order valence-electron chi connectivity index (χ0n) is 23.3. The van der Waals surface area contributed by atoms with E-state index >= 15 is 0 Å². The van der Waals surface area contributed by atoms with E-state index in [2.05, 4.69) is 5.32 Å². The molecule has 2 atom stereocenters. The van der Waals surface area contributed by atoms with Crippen molar-refractivity contribution in [3.63, 3.8) is 0 Å². The molecule has 208 valence electrons. The van der Waals surface area contributed by atoms with Crippen LogP contribution in [0, 0.1) is 17.3 Å². The second kappa shape index (κ2) is 13.3. The van der Waals surface area contributed by atoms with Gasteiger partial charge in [-0.05, 0) is 22.5 Å². The van der Waals surface area contributed by atoms with Gasteiger partial charge in [-0.1, -0.05) is 88.4 Å². The smallest absolute Gasteiger partial charge is 0.408 e. The first-order chi connectivity index (χ1) is 18.5. The zero-order valence-corrected chi connectivity index (χ0v) is 23.3. The Bertz CT molecular complexity index is 1170. The molecule has 0 heterocycles. The molecule has 0 radical (unpaired) electrons. The predicted molar refractivity (Wildman–Crippen MR) is 148 cm³/mol. The summed E-state index contributed by atoms with van der Waals surface area (Å²) in [5, 5.41) is 2.82. The Morgan fingerprint density at radius 1 is 0.949 bits per heavy atom. The highest BCUT2D eigenvalue weighted by Gasteiger charge is 2.45. The normalized spacial score (nSPS) is 17.4. The number of hydrogen-bond acceptors (Lipinski definition) is 7. The molecule has 0 aliphatic heterocycles. The number of ketones is 2. The van der Waals surface area contributed by atoms with Crippen molar-refractivity contribution in [3.8, 4) is 0 Å². The summed E-state index contributed by atoms with van der Waals surface area (Å²) >= 11 is 0. The summed E-state index contributed by atoms with van der Waals surface area (Å²) in [5.74, 6) is -2.57. The van der Waals surface area contributed by atoms with Crippen molar-refractivity contribution in [3.05, 3.63) is 71.8 Å². The van der Waals surface area contributed by atoms with Gasteiger partial charge in [0.15, 0.2) is 6.04 Å². The van der Waals surface area contributed by atoms with Gasteiger partial charge in [-0.15, -0.1) is 0 Å². The molecule has 0 spiro atoms. The Hall–Kier alpha value is -3.81. The summed E-state index contributed by atoms with van der Waals surface area (Å²) in [6.07, 6.45) is -0.125. The molecule has 0 saturated heterocycles. The SMILES string of the molecule is COC(=O)[C@H](Cc1ccccc1)N=C(C1C(=O)CC(C)(C)CC1=O)C(NC(=O)OCc1ccccc1)C(C)C. The van der Waals surface area contributed by atoms with Gasteiger partial charge >= 0.3 is 12.1 Å². The van der Waals surface area contributed by atoms with Crippen LogP contribution in [0.5, 0.6) is 0 Å². The number of Topliss-reactive ketones (excluding diaryl/α,β-unsaturated/α-hetero) is 2. The van der Waals surface area contributed by atoms with Gasteiger partial charge in [-0.2, -0.15) is 0 Å². The number of nitrogens with zero attached hydrogens (tertiary/aromatic N) is 1. The fourth-order valence-corrected chi connectivity index (χ4v) is 4.86. The second-order valence-corrected chi connectivity index (χ2v) is 11.1. The molecule has 1 aliphatic carbocycles. The van der Waals surface area contributed by atoms with Crippen LogP contribution in [0.2, 0.25) is 0 Å². The van der Waals surface area contributed by atoms with Gasteiger partial charge in [-0.3, -0.25) is 14.6 Å². The van der Waals surface area contributed by atoms with E-state index in [-0.39, 0.29) is 49.1 Å². The summed E-state index contributed by atoms with van der Waals surface area (Å²) in [6, 6.07) is 16.7. The van der Waals surface area contributed by atoms with E-state index in [0.717, 1.165) is 11.1 Å². The van der Waals surface area contributed by atoms with Crippen molar-refractivity contribution in [2.24, 2.45) is 22.2 Å². The molecule has 1 unspecified atom stereocenters. The molecule has 2 aromatic carbocycles. The Morgan fingerprint density at radius 3 is 2.00 bits per heavy atom. The van der Waals surface area contributed by atoms with Gasteiger partial charge in [0.1, 0.15) is 24.1 Å². The number of carbonyl (C=O) groups is 4. The van der Waals surface area contributed by atoms with Crippen LogP contribution in [0.3, 0.4) is 0 Å². The van der Waals surface area contributed by atoms with Crippen LogP contribution in [0.4, 0.5) is 4.79 Å². The summed E-state index contributed by atoms with van der Waals surface area (Å²) in [6.45, 7) is 7.51. The second-order valence-electron chi connectivity index (χ2n) is 11.1. The molecular formula is C31H38N2O6. The van der Waals surface area contributed by atoms with Crippen LogP contribution in [-0.2, 0) is 36.9 Å². The number of carbonyl (C=O) groups excluding carboxylic acids is 4. The minimum atomic E-state index is -1.16. The zero-order chi connectivity index (χ0) is 28.6. The minimum Gasteiger partial charge on any atom is -0.467 e. The predicted octanol–water partition coefficient (Wildman–Crippen LogP) is 4.74. The third-order valence-electron chi connectivity index (χ3n) is 6.77. The average molecular weight is 535 g/mol. The van der Waals surface area contributed by atoms with Crippen LogP contribution in [0.1, 0.15) is 51.7 Å². The van der Waals surface area contributed by atoms with Crippen LogP contribution in [-0.4, -0.2) is 48.5 Å². The lowest BCUT2D eigenvalue weighted by Crippen LogP contribution is -2.53. The standard InChI is InChI=1S/C31H38N2O6/c1-20(2)27(33-30(37)39-19-22-14-10-7-11-15-22)28(26-24(34)17-31(3,4)18-25(26)35)32-23(29(36)38-5)16-21-12-8-6-9-13-21/h6-15,20,23,26-27H,16-19H2,1-5H3,(H,33,37)/t23-,27?/m0/s1. The molecule has 0 bridgehead atoms. The van der Waals surface area contributed by atoms with E-state index in [1.165, 1.54) is 7.11 Å². The summed E-state index contributed by atoms with van der Waals surface area (Å²) in [4.78, 5) is 57.3. The summed E-state index contributed by atoms with van der Waals surface area (Å²) in [5.41, 5.74) is 1.35. The summed E-state index contributed by atoms with van der Waals surface area (Å²) in [7, 11) is 1.27. The lowest BCUT2D eigenvalue weighted by Gasteiger charge is -2.36. The van der Waals surface area contributed by atoms with Gasteiger partial charge in [0.2, 0.25) is 0 Å². The number of benzene rings is 2. The van der Waals surface area contributed by atoms with E-state index in [1.54, 1.807) is 0 Å². The molecule has 0 aromatic heterocycles. The van der Waals surface area contributed by atoms with Gasteiger partial charge in [0, 0.05) is 19.3 Å². The number of methoxy groups -OCH3 is 1. The molecule has 8 heteroatoms. The van der Waals surface area contributed by atoms with Gasteiger partial charge < -0.3 is 14.8 Å². The number of ether oxygens (including phenoxy) is 2. The minimum absolute atomic E-state index is 0.0538. The van der Waals surface area contributed by atoms with Crippen molar-refractivity contribution in [2.45, 2.75) is 65.6 Å². The van der Waals surface area contributed by atoms with Gasteiger partial charge in [0.25, 0.3) is 0 Å². The van der Waals surface area contributed by atoms with Crippen molar-refractivity contribution in [1.82, 2.24) is 5.32 Å². The number of hydrogen-bond donors (Lipinski definition) is 1. The highest BCUT2D eigenvalue weighted by molar-refractivity contribution is 6.24. The quantitative estimate of drug-likeness (QED) is 0.268. The third kappa shape index (κ3) is 8.34. The molecule has 2 aromatic rings. The molecule has 1 aliphatic rings. The monoisotopic (exact) mass is 534 g/mol. The third-order valence-corrected chi connectivity index (χ3v) is 6.77. The Balaban J connectivity index is 1.99. The Labute approximate surface area is 230 Å². The fourth-order valence-electron chi connectivity index (χ4n) is 4.86. The lowest BCUT2D eigenvalue weighted by atomic mass is 9.68. The summed E-state index contributed by atoms with van der Waals surface area (Å²) < 4.78 is 10.5. The van der Waals surface area contributed by atoms with Crippen LogP contribution in [0.15, 0.2) is 65.7 Å². The molecule has 1 fully saturated rings. The number of aliphatic imine (C=N–C) groups is 1. The van der Waals surface area contributed by atoms with E-state index in [9.17, 15) is 19.2 Å². The number of alkyl carbamates (subject to hydrolysis) is 1. The van der Waals surface area contributed by atoms with Crippen LogP contribution in [0.25, 0.3) is 0 Å². The average Bonchev–Trinajstić information content (AvgIpc) is 2.89. The first kappa shape index (κ1) is 29.7. The van der Waals surface area contributed by atoms with Crippen molar-refractivity contribution < 1.29 is 28.7 Å². The fraction of sp³-hybridized carbons (Fsp3) is 0.452. The number of esters is 1. The molecule has 39 heavy (non-hydrogen) atoms. The number of rotatable bonds is 10. The lowest BCUT2D eigenvalue weighted by molar-refractivity contribution is -0.142. The molecular weight excluding hydrogens is 496 g/mol. The van der Waals surface area contributed by atoms with Crippen LogP contribution < -0.4 is 5.32 Å². The highest BCUT2D eigenvalue weighted by atomic mass is 16.5. The first-order valence-corrected chi connectivity index (χ1v) is 13.2. The molecule has 3 rings (SSSR count). The molecule has 8 nitrogen and oxygen atoms in total. The van der Waals surface area contributed by atoms with Crippen LogP contribution >= 0.6 is 0 Å². The van der Waals surface area contributed by atoms with E-state index in [4.69, 9.17) is 14.5 Å². The molecule has 1 amide bonds. The highest BCUT2D eigenvalue weighted by Crippen LogP contribution is 2.35. The Morgan fingerprint density at radius 2 is 1.49 bits per heavy atom. The number of nitrogens with one attached hydrogen (secondary N) is 1. The maximum atomic E-state index is 13.4.